The van der Waals surface area contributed by atoms with Gasteiger partial charge in [0.25, 0.3) is 14.4 Å². The fraction of sp³-hybridized carbons (Fsp3) is 0.442. The SMILES string of the molecule is COc1ccc(C(OC[C@H]2O[C@H](N3C=NC4C(=O)N=C(NC(C)=O)N=C43)[C@@H](OC)[C@@H]2OP(OCCC#N)N(C(C)C)C(C)C)(c2ccccc2)c2ccc(OC)cc2)cc1. The van der Waals surface area contributed by atoms with Crippen molar-refractivity contribution in [2.75, 3.05) is 34.5 Å². The van der Waals surface area contributed by atoms with Crippen molar-refractivity contribution in [2.45, 2.75) is 89.3 Å². The third kappa shape index (κ3) is 9.43. The molecule has 0 aliphatic carbocycles. The monoisotopic (exact) mass is 841 g/mol. The smallest absolute Gasteiger partial charge is 0.281 e. The molecule has 2 unspecified atom stereocenters. The van der Waals surface area contributed by atoms with Crippen molar-refractivity contribution in [1.82, 2.24) is 14.9 Å². The third-order valence-corrected chi connectivity index (χ3v) is 12.3. The lowest BCUT2D eigenvalue weighted by atomic mass is 9.80. The molecule has 0 radical (unpaired) electrons. The zero-order valence-corrected chi connectivity index (χ0v) is 35.9. The number of nitriles is 1. The predicted octanol–water partition coefficient (Wildman–Crippen LogP) is 5.56. The number of ether oxygens (including phenoxy) is 5. The Kier molecular flexibility index (Phi) is 14.8. The van der Waals surface area contributed by atoms with Gasteiger partial charge in [0.2, 0.25) is 11.9 Å². The Hall–Kier alpha value is -5.11. The first-order valence-electron chi connectivity index (χ1n) is 19.7. The summed E-state index contributed by atoms with van der Waals surface area (Å²) in [4.78, 5) is 39.6. The van der Waals surface area contributed by atoms with E-state index in [4.69, 9.17) is 32.7 Å². The standard InChI is InChI=1S/C43H52N7O9P/c1-27(2)50(28(3)4)60(57-24-12-23-44)59-37-35(58-41(38(37)55-8)49-26-45-36-39(49)47-42(46-29(5)51)48-40(36)52)25-56-43(30-13-10-9-11-14-30,31-15-19-33(53-6)20-16-31)32-17-21-34(54-7)22-18-32/h9-11,13-22,26-28,35-38,41H,12,24-25H2,1-8H3,(H,46,48,51,52)/t35-,36?,37-,38+,41+,60?/m1/s1. The van der Waals surface area contributed by atoms with Crippen LogP contribution >= 0.6 is 8.53 Å². The summed E-state index contributed by atoms with van der Waals surface area (Å²) in [6.45, 7) is 9.62. The summed E-state index contributed by atoms with van der Waals surface area (Å²) in [6.07, 6.45) is -1.82. The van der Waals surface area contributed by atoms with Gasteiger partial charge in [-0.25, -0.2) is 4.67 Å². The Morgan fingerprint density at radius 3 is 2.05 bits per heavy atom. The highest BCUT2D eigenvalue weighted by molar-refractivity contribution is 7.44. The van der Waals surface area contributed by atoms with Crippen LogP contribution in [-0.4, -0.2) is 117 Å². The summed E-state index contributed by atoms with van der Waals surface area (Å²) in [7, 11) is 2.99. The molecular formula is C43H52N7O9P. The quantitative estimate of drug-likeness (QED) is 0.0960. The first-order valence-corrected chi connectivity index (χ1v) is 20.8. The summed E-state index contributed by atoms with van der Waals surface area (Å²) in [6, 6.07) is 26.5. The second-order valence-electron chi connectivity index (χ2n) is 14.7. The molecule has 0 bridgehead atoms. The van der Waals surface area contributed by atoms with Gasteiger partial charge in [-0.05, 0) is 68.7 Å². The van der Waals surface area contributed by atoms with E-state index in [1.807, 2.05) is 78.9 Å². The van der Waals surface area contributed by atoms with Gasteiger partial charge in [0.15, 0.2) is 18.1 Å². The van der Waals surface area contributed by atoms with Crippen molar-refractivity contribution >= 4 is 38.5 Å². The fourth-order valence-corrected chi connectivity index (χ4v) is 9.30. The largest absolute Gasteiger partial charge is 0.497 e. The number of methoxy groups -OCH3 is 3. The molecule has 1 saturated heterocycles. The summed E-state index contributed by atoms with van der Waals surface area (Å²) >= 11 is 0. The van der Waals surface area contributed by atoms with Crippen LogP contribution in [0.2, 0.25) is 0 Å². The number of hydrogen-bond acceptors (Lipinski definition) is 14. The maximum Gasteiger partial charge on any atom is 0.281 e. The predicted molar refractivity (Wildman–Crippen MR) is 226 cm³/mol. The molecule has 3 aliphatic rings. The lowest BCUT2D eigenvalue weighted by Gasteiger charge is -2.39. The lowest BCUT2D eigenvalue weighted by Crippen LogP contribution is -2.50. The van der Waals surface area contributed by atoms with Crippen LogP contribution < -0.4 is 14.8 Å². The van der Waals surface area contributed by atoms with E-state index >= 15 is 0 Å². The molecule has 1 fully saturated rings. The maximum atomic E-state index is 13.1. The maximum absolute atomic E-state index is 13.1. The summed E-state index contributed by atoms with van der Waals surface area (Å²) in [5.74, 6) is 0.388. The van der Waals surface area contributed by atoms with Crippen LogP contribution in [-0.2, 0) is 38.4 Å². The number of aliphatic imine (C=N–C) groups is 3. The Morgan fingerprint density at radius 2 is 1.52 bits per heavy atom. The van der Waals surface area contributed by atoms with Crippen LogP contribution in [0.15, 0.2) is 93.8 Å². The molecule has 3 aromatic carbocycles. The van der Waals surface area contributed by atoms with E-state index in [0.717, 1.165) is 16.7 Å². The average Bonchev–Trinajstić information content (AvgIpc) is 3.82. The van der Waals surface area contributed by atoms with E-state index in [0.29, 0.717) is 11.5 Å². The number of carbonyl (C=O) groups is 2. The molecule has 318 valence electrons. The van der Waals surface area contributed by atoms with E-state index in [1.165, 1.54) is 13.3 Å². The minimum Gasteiger partial charge on any atom is -0.497 e. The third-order valence-electron chi connectivity index (χ3n) is 10.2. The van der Waals surface area contributed by atoms with Gasteiger partial charge in [-0.15, -0.1) is 0 Å². The van der Waals surface area contributed by atoms with E-state index < -0.39 is 56.5 Å². The van der Waals surface area contributed by atoms with Crippen molar-refractivity contribution in [3.05, 3.63) is 95.6 Å². The minimum absolute atomic E-state index is 0.00319. The summed E-state index contributed by atoms with van der Waals surface area (Å²) in [5, 5.41) is 11.9. The number of hydrogen-bond donors (Lipinski definition) is 1. The second-order valence-corrected chi connectivity index (χ2v) is 16.1. The minimum atomic E-state index is -1.80. The van der Waals surface area contributed by atoms with Gasteiger partial charge in [-0.3, -0.25) is 24.8 Å². The van der Waals surface area contributed by atoms with Gasteiger partial charge in [-0.1, -0.05) is 54.6 Å². The first kappa shape index (κ1) is 44.4. The molecule has 0 spiro atoms. The van der Waals surface area contributed by atoms with Crippen molar-refractivity contribution in [3.63, 3.8) is 0 Å². The zero-order chi connectivity index (χ0) is 43.0. The molecule has 6 rings (SSSR count). The molecule has 3 aromatic rings. The number of nitrogens with one attached hydrogen (secondary N) is 1. The zero-order valence-electron chi connectivity index (χ0n) is 35.1. The number of amidine groups is 1. The number of fused-ring (bicyclic) bond motifs is 1. The van der Waals surface area contributed by atoms with E-state index in [9.17, 15) is 14.9 Å². The van der Waals surface area contributed by atoms with Crippen molar-refractivity contribution in [3.8, 4) is 17.6 Å². The van der Waals surface area contributed by atoms with Crippen molar-refractivity contribution < 1.29 is 42.3 Å². The number of rotatable bonds is 18. The number of amides is 2. The molecule has 3 aliphatic heterocycles. The highest BCUT2D eigenvalue weighted by Crippen LogP contribution is 2.50. The topological polar surface area (TPSA) is 178 Å². The van der Waals surface area contributed by atoms with Crippen LogP contribution in [0.4, 0.5) is 0 Å². The summed E-state index contributed by atoms with van der Waals surface area (Å²) in [5.41, 5.74) is 1.28. The highest BCUT2D eigenvalue weighted by Gasteiger charge is 2.54. The molecule has 6 atom stereocenters. The lowest BCUT2D eigenvalue weighted by molar-refractivity contribution is -0.117. The average molecular weight is 842 g/mol. The van der Waals surface area contributed by atoms with Gasteiger partial charge in [0, 0.05) is 26.1 Å². The van der Waals surface area contributed by atoms with Gasteiger partial charge in [0.1, 0.15) is 35.4 Å². The molecule has 1 N–H and O–H groups in total. The Morgan fingerprint density at radius 1 is 0.917 bits per heavy atom. The summed E-state index contributed by atoms with van der Waals surface area (Å²) < 4.78 is 47.2. The Bertz CT molecular complexity index is 2020. The molecule has 0 aromatic heterocycles. The number of nitrogens with zero attached hydrogens (tertiary/aromatic N) is 6. The van der Waals surface area contributed by atoms with Crippen LogP contribution in [0, 0.1) is 11.3 Å². The Labute approximate surface area is 352 Å². The van der Waals surface area contributed by atoms with Crippen LogP contribution in [0.25, 0.3) is 0 Å². The molecule has 0 saturated carbocycles. The molecule has 17 heteroatoms. The van der Waals surface area contributed by atoms with Crippen molar-refractivity contribution in [2.24, 2.45) is 15.0 Å². The van der Waals surface area contributed by atoms with Gasteiger partial charge in [-0.2, -0.15) is 15.2 Å². The second kappa shape index (κ2) is 20.0. The first-order chi connectivity index (χ1) is 28.9. The number of carbonyl (C=O) groups excluding carboxylic acids is 2. The molecule has 60 heavy (non-hydrogen) atoms. The van der Waals surface area contributed by atoms with E-state index in [2.05, 4.69) is 58.7 Å². The van der Waals surface area contributed by atoms with Crippen molar-refractivity contribution in [1.29, 1.82) is 5.26 Å². The molecule has 16 nitrogen and oxygen atoms in total. The highest BCUT2D eigenvalue weighted by atomic mass is 31.2. The van der Waals surface area contributed by atoms with Crippen LogP contribution in [0.1, 0.15) is 57.7 Å². The van der Waals surface area contributed by atoms with Crippen LogP contribution in [0.5, 0.6) is 11.5 Å². The number of guanidine groups is 1. The van der Waals surface area contributed by atoms with Gasteiger partial charge in [0.05, 0.1) is 46.3 Å². The Balaban J connectivity index is 1.46. The van der Waals surface area contributed by atoms with Gasteiger partial charge >= 0.3 is 0 Å². The fourth-order valence-electron chi connectivity index (χ4n) is 7.53. The van der Waals surface area contributed by atoms with E-state index in [-0.39, 0.29) is 43.5 Å². The van der Waals surface area contributed by atoms with E-state index in [1.54, 1.807) is 26.2 Å². The molecule has 2 amide bonds. The van der Waals surface area contributed by atoms with Crippen LogP contribution in [0.3, 0.4) is 0 Å². The molecule has 3 heterocycles. The van der Waals surface area contributed by atoms with Gasteiger partial charge < -0.3 is 32.7 Å². The normalized spacial score (nSPS) is 21.8. The number of benzene rings is 3. The molecular weight excluding hydrogens is 789 g/mol.